The average molecular weight is 382 g/mol. The monoisotopic (exact) mass is 381 g/mol. The number of aliphatic imine (C=N–C) groups is 1. The van der Waals surface area contributed by atoms with Gasteiger partial charge in [-0.15, -0.1) is 0 Å². The number of rotatable bonds is 7. The van der Waals surface area contributed by atoms with E-state index in [0.29, 0.717) is 6.54 Å². The summed E-state index contributed by atoms with van der Waals surface area (Å²) in [6.07, 6.45) is 2.50. The molecule has 1 aliphatic heterocycles. The Morgan fingerprint density at radius 3 is 2.64 bits per heavy atom. The molecule has 2 aromatic rings. The fourth-order valence-corrected chi connectivity index (χ4v) is 3.72. The van der Waals surface area contributed by atoms with E-state index in [4.69, 9.17) is 4.74 Å². The van der Waals surface area contributed by atoms with Crippen molar-refractivity contribution in [2.45, 2.75) is 32.4 Å². The van der Waals surface area contributed by atoms with E-state index < -0.39 is 0 Å². The second-order valence-corrected chi connectivity index (χ2v) is 7.08. The molecule has 1 atom stereocenters. The van der Waals surface area contributed by atoms with Crippen molar-refractivity contribution < 1.29 is 4.74 Å². The molecule has 2 N–H and O–H groups in total. The zero-order chi connectivity index (χ0) is 19.8. The number of methoxy groups -OCH3 is 1. The van der Waals surface area contributed by atoms with Gasteiger partial charge >= 0.3 is 0 Å². The number of benzene rings is 1. The molecule has 0 amide bonds. The Bertz CT molecular complexity index is 786. The van der Waals surface area contributed by atoms with Gasteiger partial charge in [0.15, 0.2) is 5.96 Å². The van der Waals surface area contributed by atoms with Crippen LogP contribution < -0.4 is 15.4 Å². The number of likely N-dealkylation sites (tertiary alicyclic amines) is 1. The molecule has 28 heavy (non-hydrogen) atoms. The summed E-state index contributed by atoms with van der Waals surface area (Å²) in [5, 5.41) is 6.86. The number of hydrogen-bond acceptors (Lipinski definition) is 4. The molecule has 1 saturated heterocycles. The SMILES string of the molecule is CN=C(NCc1cccc(C)n1)NCC(c1ccccc1OC)N1CCCC1. The van der Waals surface area contributed by atoms with Gasteiger partial charge in [0, 0.05) is 24.8 Å². The standard InChI is InChI=1S/C22H31N5O/c1-17-9-8-10-18(26-17)15-24-22(23-2)25-16-20(27-13-6-7-14-27)19-11-4-5-12-21(19)28-3/h4-5,8-12,20H,6-7,13-16H2,1-3H3,(H2,23,24,25). The largest absolute Gasteiger partial charge is 0.496 e. The van der Waals surface area contributed by atoms with E-state index >= 15 is 0 Å². The van der Waals surface area contributed by atoms with Crippen molar-refractivity contribution in [2.75, 3.05) is 33.8 Å². The molecule has 6 heteroatoms. The summed E-state index contributed by atoms with van der Waals surface area (Å²) >= 11 is 0. The van der Waals surface area contributed by atoms with Gasteiger partial charge in [0.05, 0.1) is 25.4 Å². The van der Waals surface area contributed by atoms with Gasteiger partial charge in [-0.1, -0.05) is 24.3 Å². The maximum Gasteiger partial charge on any atom is 0.191 e. The van der Waals surface area contributed by atoms with Gasteiger partial charge in [0.25, 0.3) is 0 Å². The van der Waals surface area contributed by atoms with E-state index in [0.717, 1.165) is 42.7 Å². The van der Waals surface area contributed by atoms with Gasteiger partial charge in [-0.3, -0.25) is 14.9 Å². The summed E-state index contributed by atoms with van der Waals surface area (Å²) in [6, 6.07) is 14.6. The second-order valence-electron chi connectivity index (χ2n) is 7.08. The van der Waals surface area contributed by atoms with Gasteiger partial charge in [-0.25, -0.2) is 0 Å². The minimum absolute atomic E-state index is 0.245. The predicted molar refractivity (Wildman–Crippen MR) is 114 cm³/mol. The Kier molecular flexibility index (Phi) is 7.25. The Morgan fingerprint density at radius 1 is 1.14 bits per heavy atom. The topological polar surface area (TPSA) is 61.8 Å². The van der Waals surface area contributed by atoms with Gasteiger partial charge in [-0.05, 0) is 51.1 Å². The van der Waals surface area contributed by atoms with Crippen LogP contribution in [0.1, 0.15) is 35.8 Å². The lowest BCUT2D eigenvalue weighted by Gasteiger charge is -2.30. The zero-order valence-corrected chi connectivity index (χ0v) is 17.1. The van der Waals surface area contributed by atoms with Gasteiger partial charge in [0.1, 0.15) is 5.75 Å². The summed E-state index contributed by atoms with van der Waals surface area (Å²) in [7, 11) is 3.54. The minimum Gasteiger partial charge on any atom is -0.496 e. The van der Waals surface area contributed by atoms with E-state index in [1.807, 2.05) is 37.3 Å². The fraction of sp³-hybridized carbons (Fsp3) is 0.455. The molecule has 1 aliphatic rings. The lowest BCUT2D eigenvalue weighted by Crippen LogP contribution is -2.42. The quantitative estimate of drug-likeness (QED) is 0.570. The Hall–Kier alpha value is -2.60. The first-order chi connectivity index (χ1) is 13.7. The number of guanidine groups is 1. The summed E-state index contributed by atoms with van der Waals surface area (Å²) in [6.45, 7) is 5.64. The van der Waals surface area contributed by atoms with Crippen LogP contribution in [0.25, 0.3) is 0 Å². The normalized spacial score (nSPS) is 16.0. The first-order valence-corrected chi connectivity index (χ1v) is 9.95. The fourth-order valence-electron chi connectivity index (χ4n) is 3.72. The van der Waals surface area contributed by atoms with Gasteiger partial charge in [0.2, 0.25) is 0 Å². The van der Waals surface area contributed by atoms with Crippen LogP contribution >= 0.6 is 0 Å². The molecule has 1 aromatic heterocycles. The van der Waals surface area contributed by atoms with Crippen LogP contribution in [0.5, 0.6) is 5.75 Å². The molecule has 0 radical (unpaired) electrons. The van der Waals surface area contributed by atoms with Crippen LogP contribution in [0, 0.1) is 6.92 Å². The molecule has 3 rings (SSSR count). The molecular formula is C22H31N5O. The van der Waals surface area contributed by atoms with Crippen LogP contribution in [-0.4, -0.2) is 49.6 Å². The van der Waals surface area contributed by atoms with Crippen molar-refractivity contribution in [2.24, 2.45) is 4.99 Å². The van der Waals surface area contributed by atoms with Crippen LogP contribution in [0.15, 0.2) is 47.5 Å². The number of hydrogen-bond donors (Lipinski definition) is 2. The number of nitrogens with one attached hydrogen (secondary N) is 2. The average Bonchev–Trinajstić information content (AvgIpc) is 3.25. The summed E-state index contributed by atoms with van der Waals surface area (Å²) in [5.41, 5.74) is 3.24. The van der Waals surface area contributed by atoms with Gasteiger partial charge in [-0.2, -0.15) is 0 Å². The Balaban J connectivity index is 1.66. The highest BCUT2D eigenvalue weighted by atomic mass is 16.5. The van der Waals surface area contributed by atoms with Crippen molar-refractivity contribution in [1.29, 1.82) is 0 Å². The molecule has 2 heterocycles. The van der Waals surface area contributed by atoms with Crippen molar-refractivity contribution in [1.82, 2.24) is 20.5 Å². The molecule has 0 bridgehead atoms. The molecular weight excluding hydrogens is 350 g/mol. The third-order valence-corrected chi connectivity index (χ3v) is 5.15. The third-order valence-electron chi connectivity index (χ3n) is 5.15. The van der Waals surface area contributed by atoms with E-state index in [1.165, 1.54) is 18.4 Å². The third kappa shape index (κ3) is 5.23. The number of para-hydroxylation sites is 1. The Morgan fingerprint density at radius 2 is 1.93 bits per heavy atom. The maximum atomic E-state index is 5.63. The molecule has 1 aromatic carbocycles. The van der Waals surface area contributed by atoms with E-state index in [-0.39, 0.29) is 6.04 Å². The second kappa shape index (κ2) is 10.1. The predicted octanol–water partition coefficient (Wildman–Crippen LogP) is 2.90. The van der Waals surface area contributed by atoms with Crippen molar-refractivity contribution in [3.63, 3.8) is 0 Å². The van der Waals surface area contributed by atoms with Crippen LogP contribution in [0.4, 0.5) is 0 Å². The van der Waals surface area contributed by atoms with E-state index in [2.05, 4.69) is 37.6 Å². The maximum absolute atomic E-state index is 5.63. The number of aromatic nitrogens is 1. The lowest BCUT2D eigenvalue weighted by molar-refractivity contribution is 0.239. The van der Waals surface area contributed by atoms with E-state index in [9.17, 15) is 0 Å². The van der Waals surface area contributed by atoms with Crippen molar-refractivity contribution in [3.8, 4) is 5.75 Å². The van der Waals surface area contributed by atoms with Crippen LogP contribution in [0.2, 0.25) is 0 Å². The molecule has 6 nitrogen and oxygen atoms in total. The molecule has 0 spiro atoms. The molecule has 150 valence electrons. The summed E-state index contributed by atoms with van der Waals surface area (Å²) < 4.78 is 5.63. The highest BCUT2D eigenvalue weighted by Crippen LogP contribution is 2.31. The van der Waals surface area contributed by atoms with Gasteiger partial charge < -0.3 is 15.4 Å². The highest BCUT2D eigenvalue weighted by Gasteiger charge is 2.26. The van der Waals surface area contributed by atoms with Crippen LogP contribution in [-0.2, 0) is 6.54 Å². The zero-order valence-electron chi connectivity index (χ0n) is 17.1. The van der Waals surface area contributed by atoms with Crippen molar-refractivity contribution in [3.05, 3.63) is 59.4 Å². The first kappa shape index (κ1) is 20.1. The lowest BCUT2D eigenvalue weighted by atomic mass is 10.0. The minimum atomic E-state index is 0.245. The summed E-state index contributed by atoms with van der Waals surface area (Å²) in [4.78, 5) is 11.4. The van der Waals surface area contributed by atoms with Crippen LogP contribution in [0.3, 0.4) is 0 Å². The number of nitrogens with zero attached hydrogens (tertiary/aromatic N) is 3. The highest BCUT2D eigenvalue weighted by molar-refractivity contribution is 5.79. The first-order valence-electron chi connectivity index (χ1n) is 9.95. The number of pyridine rings is 1. The molecule has 1 fully saturated rings. The van der Waals surface area contributed by atoms with E-state index in [1.54, 1.807) is 14.2 Å². The van der Waals surface area contributed by atoms with Crippen molar-refractivity contribution >= 4 is 5.96 Å². The molecule has 0 saturated carbocycles. The number of ether oxygens (including phenoxy) is 1. The number of aryl methyl sites for hydroxylation is 1. The molecule has 0 aliphatic carbocycles. The summed E-state index contributed by atoms with van der Waals surface area (Å²) in [5.74, 6) is 1.72. The Labute approximate surface area is 168 Å². The smallest absolute Gasteiger partial charge is 0.191 e. The molecule has 1 unspecified atom stereocenters.